The van der Waals surface area contributed by atoms with Crippen molar-refractivity contribution >= 4 is 10.0 Å². The lowest BCUT2D eigenvalue weighted by molar-refractivity contribution is 0.407. The second kappa shape index (κ2) is 4.20. The summed E-state index contributed by atoms with van der Waals surface area (Å²) in [5.41, 5.74) is 5.11. The molecule has 0 aromatic rings. The van der Waals surface area contributed by atoms with E-state index in [0.717, 1.165) is 0 Å². The zero-order chi connectivity index (χ0) is 9.83. The first-order valence-electron chi connectivity index (χ1n) is 3.94. The van der Waals surface area contributed by atoms with Gasteiger partial charge >= 0.3 is 0 Å². The Balaban J connectivity index is 3.94. The van der Waals surface area contributed by atoms with Gasteiger partial charge in [0.05, 0.1) is 5.75 Å². The summed E-state index contributed by atoms with van der Waals surface area (Å²) in [5, 5.41) is 0. The van der Waals surface area contributed by atoms with Crippen LogP contribution in [0.1, 0.15) is 20.8 Å². The molecular weight excluding hydrogens is 176 g/mol. The molecule has 0 heterocycles. The molecule has 0 bridgehead atoms. The summed E-state index contributed by atoms with van der Waals surface area (Å²) in [7, 11) is -3.14. The molecule has 0 aromatic carbocycles. The van der Waals surface area contributed by atoms with E-state index in [4.69, 9.17) is 5.73 Å². The number of rotatable bonds is 4. The highest BCUT2D eigenvalue weighted by Crippen LogP contribution is 2.10. The standard InChI is InChI=1S/C7H18N2O2S/c1-7(2,3)6-9-12(10,11)5-4-8/h9H,4-6,8H2,1-3H3. The van der Waals surface area contributed by atoms with Gasteiger partial charge in [0, 0.05) is 13.1 Å². The monoisotopic (exact) mass is 194 g/mol. The molecule has 5 heteroatoms. The van der Waals surface area contributed by atoms with E-state index in [1.807, 2.05) is 20.8 Å². The van der Waals surface area contributed by atoms with Crippen molar-refractivity contribution in [3.63, 3.8) is 0 Å². The summed E-state index contributed by atoms with van der Waals surface area (Å²) in [5.74, 6) is 0.00306. The summed E-state index contributed by atoms with van der Waals surface area (Å²) in [6.07, 6.45) is 0. The molecule has 0 aliphatic rings. The quantitative estimate of drug-likeness (QED) is 0.657. The van der Waals surface area contributed by atoms with Crippen LogP contribution >= 0.6 is 0 Å². The van der Waals surface area contributed by atoms with Gasteiger partial charge < -0.3 is 5.73 Å². The third kappa shape index (κ3) is 6.57. The first-order chi connectivity index (χ1) is 5.27. The van der Waals surface area contributed by atoms with Gasteiger partial charge in [-0.1, -0.05) is 20.8 Å². The van der Waals surface area contributed by atoms with E-state index in [2.05, 4.69) is 4.72 Å². The van der Waals surface area contributed by atoms with Crippen LogP contribution in [0.3, 0.4) is 0 Å². The maximum absolute atomic E-state index is 11.1. The molecule has 3 N–H and O–H groups in total. The molecule has 0 unspecified atom stereocenters. The maximum atomic E-state index is 11.1. The third-order valence-corrected chi connectivity index (χ3v) is 2.57. The lowest BCUT2D eigenvalue weighted by Crippen LogP contribution is -2.35. The van der Waals surface area contributed by atoms with Gasteiger partial charge in [0.1, 0.15) is 0 Å². The SMILES string of the molecule is CC(C)(C)CNS(=O)(=O)CCN. The fourth-order valence-corrected chi connectivity index (χ4v) is 1.66. The van der Waals surface area contributed by atoms with Gasteiger partial charge in [-0.2, -0.15) is 0 Å². The molecule has 0 aliphatic heterocycles. The number of hydrogen-bond acceptors (Lipinski definition) is 3. The minimum absolute atomic E-state index is 0.00306. The topological polar surface area (TPSA) is 72.2 Å². The van der Waals surface area contributed by atoms with E-state index in [9.17, 15) is 8.42 Å². The molecule has 74 valence electrons. The summed E-state index contributed by atoms with van der Waals surface area (Å²) >= 11 is 0. The molecule has 0 aliphatic carbocycles. The van der Waals surface area contributed by atoms with E-state index >= 15 is 0 Å². The molecule has 0 amide bonds. The maximum Gasteiger partial charge on any atom is 0.212 e. The van der Waals surface area contributed by atoms with Crippen LogP contribution < -0.4 is 10.5 Å². The van der Waals surface area contributed by atoms with Crippen molar-refractivity contribution < 1.29 is 8.42 Å². The minimum atomic E-state index is -3.14. The van der Waals surface area contributed by atoms with E-state index in [1.54, 1.807) is 0 Å². The van der Waals surface area contributed by atoms with E-state index < -0.39 is 10.0 Å². The Morgan fingerprint density at radius 3 is 2.17 bits per heavy atom. The fraction of sp³-hybridized carbons (Fsp3) is 1.00. The van der Waals surface area contributed by atoms with Gasteiger partial charge in [-0.3, -0.25) is 0 Å². The molecule has 0 atom stereocenters. The van der Waals surface area contributed by atoms with Crippen molar-refractivity contribution in [2.45, 2.75) is 20.8 Å². The third-order valence-electron chi connectivity index (χ3n) is 1.21. The smallest absolute Gasteiger partial charge is 0.212 e. The first-order valence-corrected chi connectivity index (χ1v) is 5.59. The van der Waals surface area contributed by atoms with Crippen molar-refractivity contribution in [1.82, 2.24) is 4.72 Å². The Morgan fingerprint density at radius 2 is 1.83 bits per heavy atom. The predicted octanol–water partition coefficient (Wildman–Crippen LogP) is -0.0894. The van der Waals surface area contributed by atoms with Crippen LogP contribution in [0.2, 0.25) is 0 Å². The molecule has 0 saturated heterocycles. The van der Waals surface area contributed by atoms with Crippen LogP contribution in [0.5, 0.6) is 0 Å². The lowest BCUT2D eigenvalue weighted by Gasteiger charge is -2.18. The zero-order valence-corrected chi connectivity index (χ0v) is 8.74. The van der Waals surface area contributed by atoms with Crippen molar-refractivity contribution in [3.05, 3.63) is 0 Å². The van der Waals surface area contributed by atoms with Crippen molar-refractivity contribution in [1.29, 1.82) is 0 Å². The predicted molar refractivity (Wildman–Crippen MR) is 50.3 cm³/mol. The highest BCUT2D eigenvalue weighted by atomic mass is 32.2. The van der Waals surface area contributed by atoms with E-state index in [0.29, 0.717) is 6.54 Å². The second-order valence-electron chi connectivity index (χ2n) is 3.99. The van der Waals surface area contributed by atoms with Crippen LogP contribution in [-0.2, 0) is 10.0 Å². The molecule has 4 nitrogen and oxygen atoms in total. The van der Waals surface area contributed by atoms with Crippen molar-refractivity contribution in [3.8, 4) is 0 Å². The zero-order valence-electron chi connectivity index (χ0n) is 7.92. The highest BCUT2D eigenvalue weighted by Gasteiger charge is 2.15. The number of sulfonamides is 1. The Morgan fingerprint density at radius 1 is 1.33 bits per heavy atom. The molecule has 0 spiro atoms. The Bertz CT molecular complexity index is 216. The average Bonchev–Trinajstić information content (AvgIpc) is 1.83. The van der Waals surface area contributed by atoms with Gasteiger partial charge in [-0.05, 0) is 5.41 Å². The molecule has 0 rings (SSSR count). The molecule has 0 aromatic heterocycles. The van der Waals surface area contributed by atoms with Crippen LogP contribution in [0, 0.1) is 5.41 Å². The van der Waals surface area contributed by atoms with Gasteiger partial charge in [-0.15, -0.1) is 0 Å². The largest absolute Gasteiger partial charge is 0.329 e. The Hall–Kier alpha value is -0.130. The van der Waals surface area contributed by atoms with E-state index in [1.165, 1.54) is 0 Å². The van der Waals surface area contributed by atoms with Crippen LogP contribution in [0.4, 0.5) is 0 Å². The summed E-state index contributed by atoms with van der Waals surface area (Å²) in [6, 6.07) is 0. The van der Waals surface area contributed by atoms with Crippen LogP contribution in [-0.4, -0.2) is 27.3 Å². The van der Waals surface area contributed by atoms with Gasteiger partial charge in [0.25, 0.3) is 0 Å². The number of nitrogens with two attached hydrogens (primary N) is 1. The highest BCUT2D eigenvalue weighted by molar-refractivity contribution is 7.89. The van der Waals surface area contributed by atoms with E-state index in [-0.39, 0.29) is 17.7 Å². The summed E-state index contributed by atoms with van der Waals surface area (Å²) < 4.78 is 24.7. The molecule has 0 saturated carbocycles. The first kappa shape index (κ1) is 11.9. The second-order valence-corrected chi connectivity index (χ2v) is 5.92. The summed E-state index contributed by atoms with van der Waals surface area (Å²) in [4.78, 5) is 0. The van der Waals surface area contributed by atoms with Gasteiger partial charge in [0.2, 0.25) is 10.0 Å². The van der Waals surface area contributed by atoms with Crippen LogP contribution in [0.15, 0.2) is 0 Å². The molecule has 12 heavy (non-hydrogen) atoms. The Labute approximate surface area is 74.6 Å². The van der Waals surface area contributed by atoms with Gasteiger partial charge in [0.15, 0.2) is 0 Å². The molecule has 0 fully saturated rings. The number of nitrogens with one attached hydrogen (secondary N) is 1. The minimum Gasteiger partial charge on any atom is -0.329 e. The van der Waals surface area contributed by atoms with Crippen molar-refractivity contribution in [2.24, 2.45) is 11.1 Å². The molecule has 0 radical (unpaired) electrons. The summed E-state index contributed by atoms with van der Waals surface area (Å²) in [6.45, 7) is 6.53. The van der Waals surface area contributed by atoms with Crippen molar-refractivity contribution in [2.75, 3.05) is 18.8 Å². The number of hydrogen-bond donors (Lipinski definition) is 2. The molecular formula is C7H18N2O2S. The van der Waals surface area contributed by atoms with Gasteiger partial charge in [-0.25, -0.2) is 13.1 Å². The van der Waals surface area contributed by atoms with Crippen LogP contribution in [0.25, 0.3) is 0 Å². The normalized spacial score (nSPS) is 13.3. The lowest BCUT2D eigenvalue weighted by atomic mass is 9.98. The average molecular weight is 194 g/mol. The fourth-order valence-electron chi connectivity index (χ4n) is 0.554. The Kier molecular flexibility index (Phi) is 4.16.